The van der Waals surface area contributed by atoms with Crippen molar-refractivity contribution in [2.45, 2.75) is 98.3 Å². The van der Waals surface area contributed by atoms with Crippen molar-refractivity contribution in [1.82, 2.24) is 0 Å². The van der Waals surface area contributed by atoms with Crippen LogP contribution in [-0.4, -0.2) is 11.1 Å². The SMILES string of the molecule is CC(CCC[C@@H](C)[C@H]1CC[C@H]2[C@@H]3C=CC4CCCC[C@]4(C)[C@H]3CC[C@]12C)C(=O)O. The van der Waals surface area contributed by atoms with Gasteiger partial charge in [-0.2, -0.15) is 0 Å². The molecule has 0 aliphatic heterocycles. The summed E-state index contributed by atoms with van der Waals surface area (Å²) < 4.78 is 0. The number of allylic oxidation sites excluding steroid dienone is 2. The largest absolute Gasteiger partial charge is 0.481 e. The monoisotopic (exact) mass is 400 g/mol. The molecule has 0 heterocycles. The quantitative estimate of drug-likeness (QED) is 0.474. The first kappa shape index (κ1) is 21.4. The first-order valence-electron chi connectivity index (χ1n) is 12.7. The molecule has 0 saturated heterocycles. The van der Waals surface area contributed by atoms with Crippen LogP contribution in [0.15, 0.2) is 12.2 Å². The highest BCUT2D eigenvalue weighted by Gasteiger charge is 2.58. The molecule has 4 rings (SSSR count). The fourth-order valence-corrected chi connectivity index (χ4v) is 8.70. The van der Waals surface area contributed by atoms with Crippen LogP contribution < -0.4 is 0 Å². The summed E-state index contributed by atoms with van der Waals surface area (Å²) in [4.78, 5) is 11.1. The Hall–Kier alpha value is -0.790. The zero-order chi connectivity index (χ0) is 20.8. The maximum atomic E-state index is 11.1. The third-order valence-electron chi connectivity index (χ3n) is 10.6. The van der Waals surface area contributed by atoms with Gasteiger partial charge < -0.3 is 5.11 Å². The van der Waals surface area contributed by atoms with E-state index in [-0.39, 0.29) is 5.92 Å². The second-order valence-electron chi connectivity index (χ2n) is 11.9. The van der Waals surface area contributed by atoms with Crippen molar-refractivity contribution in [2.75, 3.05) is 0 Å². The molecule has 2 nitrogen and oxygen atoms in total. The summed E-state index contributed by atoms with van der Waals surface area (Å²) in [7, 11) is 0. The molecule has 0 amide bonds. The number of carbonyl (C=O) groups is 1. The minimum Gasteiger partial charge on any atom is -0.481 e. The highest BCUT2D eigenvalue weighted by Crippen LogP contribution is 2.67. The molecule has 3 saturated carbocycles. The second-order valence-corrected chi connectivity index (χ2v) is 11.9. The molecule has 4 aliphatic rings. The van der Waals surface area contributed by atoms with Crippen LogP contribution in [0.5, 0.6) is 0 Å². The second kappa shape index (κ2) is 8.04. The molecule has 2 unspecified atom stereocenters. The Labute approximate surface area is 178 Å². The molecule has 0 spiro atoms. The summed E-state index contributed by atoms with van der Waals surface area (Å²) >= 11 is 0. The van der Waals surface area contributed by atoms with Gasteiger partial charge in [-0.1, -0.05) is 65.5 Å². The van der Waals surface area contributed by atoms with Crippen LogP contribution in [0, 0.1) is 52.3 Å². The molecule has 9 atom stereocenters. The summed E-state index contributed by atoms with van der Waals surface area (Å²) in [6.45, 7) is 9.59. The van der Waals surface area contributed by atoms with Crippen LogP contribution in [0.25, 0.3) is 0 Å². The molecular formula is C27H44O2. The lowest BCUT2D eigenvalue weighted by Crippen LogP contribution is -2.51. The maximum absolute atomic E-state index is 11.1. The lowest BCUT2D eigenvalue weighted by Gasteiger charge is -2.58. The van der Waals surface area contributed by atoms with E-state index in [9.17, 15) is 4.79 Å². The molecule has 164 valence electrons. The first-order valence-corrected chi connectivity index (χ1v) is 12.7. The van der Waals surface area contributed by atoms with Crippen LogP contribution in [0.2, 0.25) is 0 Å². The number of fused-ring (bicyclic) bond motifs is 5. The van der Waals surface area contributed by atoms with Gasteiger partial charge >= 0.3 is 5.97 Å². The molecule has 2 heteroatoms. The predicted octanol–water partition coefficient (Wildman–Crippen LogP) is 7.34. The molecule has 3 fully saturated rings. The average Bonchev–Trinajstić information content (AvgIpc) is 3.04. The van der Waals surface area contributed by atoms with Crippen molar-refractivity contribution >= 4 is 5.97 Å². The van der Waals surface area contributed by atoms with Gasteiger partial charge in [-0.15, -0.1) is 0 Å². The van der Waals surface area contributed by atoms with E-state index in [0.717, 1.165) is 48.3 Å². The molecule has 1 N–H and O–H groups in total. The van der Waals surface area contributed by atoms with Crippen molar-refractivity contribution in [1.29, 1.82) is 0 Å². The summed E-state index contributed by atoms with van der Waals surface area (Å²) in [5, 5.41) is 9.16. The molecule has 4 aliphatic carbocycles. The summed E-state index contributed by atoms with van der Waals surface area (Å²) in [6.07, 6.45) is 19.9. The van der Waals surface area contributed by atoms with Gasteiger partial charge in [0.15, 0.2) is 0 Å². The Morgan fingerprint density at radius 1 is 0.966 bits per heavy atom. The summed E-state index contributed by atoms with van der Waals surface area (Å²) in [5.74, 6) is 4.19. The number of hydrogen-bond donors (Lipinski definition) is 1. The van der Waals surface area contributed by atoms with E-state index in [0.29, 0.717) is 10.8 Å². The topological polar surface area (TPSA) is 37.3 Å². The highest BCUT2D eigenvalue weighted by atomic mass is 16.4. The molecule has 0 aromatic rings. The number of aliphatic carboxylic acids is 1. The number of carboxylic acid groups (broad SMARTS) is 1. The third kappa shape index (κ3) is 3.61. The summed E-state index contributed by atoms with van der Waals surface area (Å²) in [5.41, 5.74) is 1.07. The molecule has 0 radical (unpaired) electrons. The van der Waals surface area contributed by atoms with E-state index in [4.69, 9.17) is 5.11 Å². The Kier molecular flexibility index (Phi) is 5.95. The Morgan fingerprint density at radius 3 is 2.48 bits per heavy atom. The van der Waals surface area contributed by atoms with Crippen LogP contribution in [0.3, 0.4) is 0 Å². The van der Waals surface area contributed by atoms with Crippen molar-refractivity contribution in [2.24, 2.45) is 52.3 Å². The van der Waals surface area contributed by atoms with E-state index < -0.39 is 5.97 Å². The maximum Gasteiger partial charge on any atom is 0.306 e. The lowest BCUT2D eigenvalue weighted by atomic mass is 9.46. The van der Waals surface area contributed by atoms with E-state index in [1.54, 1.807) is 0 Å². The standard InChI is InChI=1S/C27H44O2/c1-18(8-7-9-19(2)25(28)29)22-13-14-23-21-12-11-20-10-5-6-16-26(20,3)24(21)15-17-27(22,23)4/h11-12,18-24H,5-10,13-17H2,1-4H3,(H,28,29)/t18-,19?,20?,21+,22-,23+,24+,26+,27-/m1/s1. The van der Waals surface area contributed by atoms with E-state index in [1.807, 2.05) is 6.92 Å². The highest BCUT2D eigenvalue weighted by molar-refractivity contribution is 5.69. The van der Waals surface area contributed by atoms with Gasteiger partial charge in [0.2, 0.25) is 0 Å². The van der Waals surface area contributed by atoms with Crippen molar-refractivity contribution in [3.05, 3.63) is 12.2 Å². The average molecular weight is 401 g/mol. The van der Waals surface area contributed by atoms with Crippen LogP contribution in [-0.2, 0) is 4.79 Å². The number of carboxylic acids is 1. The Morgan fingerprint density at radius 2 is 1.72 bits per heavy atom. The molecule has 0 aromatic heterocycles. The van der Waals surface area contributed by atoms with Crippen LogP contribution in [0.1, 0.15) is 98.3 Å². The normalized spacial score (nSPS) is 45.7. The van der Waals surface area contributed by atoms with E-state index in [2.05, 4.69) is 32.9 Å². The zero-order valence-electron chi connectivity index (χ0n) is 19.3. The minimum absolute atomic E-state index is 0.193. The van der Waals surface area contributed by atoms with E-state index >= 15 is 0 Å². The minimum atomic E-state index is -0.637. The number of rotatable bonds is 6. The van der Waals surface area contributed by atoms with Gasteiger partial charge in [0.1, 0.15) is 0 Å². The van der Waals surface area contributed by atoms with Gasteiger partial charge in [-0.3, -0.25) is 4.79 Å². The molecule has 0 aromatic carbocycles. The number of hydrogen-bond acceptors (Lipinski definition) is 1. The fraction of sp³-hybridized carbons (Fsp3) is 0.889. The van der Waals surface area contributed by atoms with Crippen LogP contribution >= 0.6 is 0 Å². The van der Waals surface area contributed by atoms with Crippen molar-refractivity contribution in [3.63, 3.8) is 0 Å². The van der Waals surface area contributed by atoms with Crippen LogP contribution in [0.4, 0.5) is 0 Å². The van der Waals surface area contributed by atoms with Gasteiger partial charge in [0, 0.05) is 0 Å². The van der Waals surface area contributed by atoms with Gasteiger partial charge in [-0.05, 0) is 91.3 Å². The molecule has 0 bridgehead atoms. The first-order chi connectivity index (χ1) is 13.8. The van der Waals surface area contributed by atoms with Gasteiger partial charge in [0.05, 0.1) is 5.92 Å². The predicted molar refractivity (Wildman–Crippen MR) is 120 cm³/mol. The van der Waals surface area contributed by atoms with Crippen molar-refractivity contribution in [3.8, 4) is 0 Å². The van der Waals surface area contributed by atoms with Gasteiger partial charge in [0.25, 0.3) is 0 Å². The molecular weight excluding hydrogens is 356 g/mol. The zero-order valence-corrected chi connectivity index (χ0v) is 19.3. The van der Waals surface area contributed by atoms with Crippen molar-refractivity contribution < 1.29 is 9.90 Å². The smallest absolute Gasteiger partial charge is 0.306 e. The Bertz CT molecular complexity index is 638. The van der Waals surface area contributed by atoms with E-state index in [1.165, 1.54) is 57.8 Å². The summed E-state index contributed by atoms with van der Waals surface area (Å²) in [6, 6.07) is 0. The van der Waals surface area contributed by atoms with Gasteiger partial charge in [-0.25, -0.2) is 0 Å². The lowest BCUT2D eigenvalue weighted by molar-refractivity contribution is -0.141. The fourth-order valence-electron chi connectivity index (χ4n) is 8.70. The molecule has 29 heavy (non-hydrogen) atoms. The third-order valence-corrected chi connectivity index (χ3v) is 10.6. The Balaban J connectivity index is 1.44.